The molecule has 0 fully saturated rings. The molecule has 5 heteroatoms. The van der Waals surface area contributed by atoms with Crippen molar-refractivity contribution < 1.29 is 4.79 Å². The molecule has 1 aromatic carbocycles. The van der Waals surface area contributed by atoms with Crippen LogP contribution in [0.2, 0.25) is 0 Å². The van der Waals surface area contributed by atoms with Gasteiger partial charge in [-0.3, -0.25) is 9.69 Å². The molecule has 2 atom stereocenters. The van der Waals surface area contributed by atoms with E-state index in [0.717, 1.165) is 23.0 Å². The van der Waals surface area contributed by atoms with Crippen molar-refractivity contribution in [2.24, 2.45) is 5.73 Å². The van der Waals surface area contributed by atoms with Gasteiger partial charge in [-0.1, -0.05) is 41.9 Å². The van der Waals surface area contributed by atoms with Gasteiger partial charge in [0.15, 0.2) is 0 Å². The van der Waals surface area contributed by atoms with Gasteiger partial charge >= 0.3 is 0 Å². The minimum absolute atomic E-state index is 0.00101. The van der Waals surface area contributed by atoms with E-state index in [9.17, 15) is 4.79 Å². The van der Waals surface area contributed by atoms with Crippen LogP contribution in [0.5, 0.6) is 0 Å². The third-order valence-corrected chi connectivity index (χ3v) is 4.25. The average molecular weight is 356 g/mol. The van der Waals surface area contributed by atoms with Crippen molar-refractivity contribution >= 4 is 21.8 Å². The summed E-state index contributed by atoms with van der Waals surface area (Å²) in [7, 11) is 3.56. The van der Waals surface area contributed by atoms with E-state index in [1.54, 1.807) is 19.0 Å². The molecule has 1 amide bonds. The minimum Gasteiger partial charge on any atom is -0.348 e. The van der Waals surface area contributed by atoms with Crippen LogP contribution in [0.3, 0.4) is 0 Å². The maximum Gasteiger partial charge on any atom is 0.236 e. The van der Waals surface area contributed by atoms with Gasteiger partial charge in [0.25, 0.3) is 0 Å². The number of hydrogen-bond acceptors (Lipinski definition) is 3. The predicted molar refractivity (Wildman–Crippen MR) is 91.1 cm³/mol. The summed E-state index contributed by atoms with van der Waals surface area (Å²) >= 11 is 3.46. The standard InChI is InChI=1S/C16H26BrN3O/c1-5-14(18)16(12-7-9-13(17)10-8-12)20(6-2)11-15(21)19(3)4/h7-10,14,16H,5-6,11,18H2,1-4H3. The van der Waals surface area contributed by atoms with Crippen LogP contribution in [0.25, 0.3) is 0 Å². The lowest BCUT2D eigenvalue weighted by molar-refractivity contribution is -0.130. The third-order valence-electron chi connectivity index (χ3n) is 3.73. The summed E-state index contributed by atoms with van der Waals surface area (Å²) in [6, 6.07) is 8.25. The molecule has 0 radical (unpaired) electrons. The van der Waals surface area contributed by atoms with Crippen molar-refractivity contribution in [2.45, 2.75) is 32.4 Å². The number of hydrogen-bond donors (Lipinski definition) is 1. The topological polar surface area (TPSA) is 49.6 Å². The van der Waals surface area contributed by atoms with E-state index < -0.39 is 0 Å². The number of nitrogens with two attached hydrogens (primary N) is 1. The van der Waals surface area contributed by atoms with Crippen LogP contribution in [0.1, 0.15) is 31.9 Å². The van der Waals surface area contributed by atoms with E-state index in [2.05, 4.69) is 46.8 Å². The minimum atomic E-state index is 0.00101. The Morgan fingerprint density at radius 1 is 1.24 bits per heavy atom. The molecule has 2 N–H and O–H groups in total. The van der Waals surface area contributed by atoms with E-state index in [-0.39, 0.29) is 18.0 Å². The fourth-order valence-electron chi connectivity index (χ4n) is 2.33. The van der Waals surface area contributed by atoms with Gasteiger partial charge in [-0.05, 0) is 30.7 Å². The van der Waals surface area contributed by atoms with Crippen LogP contribution in [-0.2, 0) is 4.79 Å². The highest BCUT2D eigenvalue weighted by molar-refractivity contribution is 9.10. The second kappa shape index (κ2) is 8.51. The monoisotopic (exact) mass is 355 g/mol. The summed E-state index contributed by atoms with van der Waals surface area (Å²) in [5.41, 5.74) is 7.49. The molecule has 0 spiro atoms. The fraction of sp³-hybridized carbons (Fsp3) is 0.562. The molecular formula is C16H26BrN3O. The molecule has 2 unspecified atom stereocenters. The normalized spacial score (nSPS) is 14.0. The lowest BCUT2D eigenvalue weighted by Crippen LogP contribution is -2.45. The molecule has 1 aromatic rings. The summed E-state index contributed by atoms with van der Waals surface area (Å²) in [6.07, 6.45) is 0.868. The Balaban J connectivity index is 3.04. The Morgan fingerprint density at radius 3 is 2.24 bits per heavy atom. The molecule has 0 saturated carbocycles. The predicted octanol–water partition coefficient (Wildman–Crippen LogP) is 2.64. The zero-order valence-corrected chi connectivity index (χ0v) is 14.9. The molecule has 0 saturated heterocycles. The zero-order chi connectivity index (χ0) is 16.0. The largest absolute Gasteiger partial charge is 0.348 e. The Morgan fingerprint density at radius 2 is 1.81 bits per heavy atom. The smallest absolute Gasteiger partial charge is 0.236 e. The van der Waals surface area contributed by atoms with Crippen molar-refractivity contribution in [3.63, 3.8) is 0 Å². The number of carbonyl (C=O) groups excluding carboxylic acids is 1. The van der Waals surface area contributed by atoms with E-state index in [1.807, 2.05) is 12.1 Å². The zero-order valence-electron chi connectivity index (χ0n) is 13.3. The molecule has 0 heterocycles. The van der Waals surface area contributed by atoms with Gasteiger partial charge in [0.1, 0.15) is 0 Å². The Bertz CT molecular complexity index is 447. The van der Waals surface area contributed by atoms with Gasteiger partial charge in [0.05, 0.1) is 12.6 Å². The Kier molecular flexibility index (Phi) is 7.35. The number of halogens is 1. The van der Waals surface area contributed by atoms with Crippen molar-refractivity contribution in [2.75, 3.05) is 27.2 Å². The first-order chi connectivity index (χ1) is 9.90. The average Bonchev–Trinajstić information content (AvgIpc) is 2.47. The molecule has 1 rings (SSSR count). The van der Waals surface area contributed by atoms with Gasteiger partial charge in [0, 0.05) is 24.6 Å². The maximum absolute atomic E-state index is 12.0. The number of likely N-dealkylation sites (N-methyl/N-ethyl adjacent to an activating group) is 2. The second-order valence-corrected chi connectivity index (χ2v) is 6.34. The quantitative estimate of drug-likeness (QED) is 0.817. The SMILES string of the molecule is CCC(N)C(c1ccc(Br)cc1)N(CC)CC(=O)N(C)C. The molecule has 0 aliphatic heterocycles. The van der Waals surface area contributed by atoms with Gasteiger partial charge < -0.3 is 10.6 Å². The van der Waals surface area contributed by atoms with E-state index in [4.69, 9.17) is 5.73 Å². The maximum atomic E-state index is 12.0. The molecule has 0 aromatic heterocycles. The number of carbonyl (C=O) groups is 1. The fourth-order valence-corrected chi connectivity index (χ4v) is 2.60. The molecule has 118 valence electrons. The first-order valence-electron chi connectivity index (χ1n) is 7.35. The van der Waals surface area contributed by atoms with Gasteiger partial charge in [0.2, 0.25) is 5.91 Å². The third kappa shape index (κ3) is 5.09. The van der Waals surface area contributed by atoms with Crippen molar-refractivity contribution in [3.05, 3.63) is 34.3 Å². The lowest BCUT2D eigenvalue weighted by Gasteiger charge is -2.35. The number of benzene rings is 1. The first kappa shape index (κ1) is 18.1. The number of nitrogens with zero attached hydrogens (tertiary/aromatic N) is 2. The van der Waals surface area contributed by atoms with Gasteiger partial charge in [-0.2, -0.15) is 0 Å². The lowest BCUT2D eigenvalue weighted by atomic mass is 9.96. The molecular weight excluding hydrogens is 330 g/mol. The highest BCUT2D eigenvalue weighted by atomic mass is 79.9. The highest BCUT2D eigenvalue weighted by Crippen LogP contribution is 2.26. The van der Waals surface area contributed by atoms with Crippen LogP contribution in [-0.4, -0.2) is 48.9 Å². The molecule has 0 aliphatic rings. The molecule has 0 bridgehead atoms. The van der Waals surface area contributed by atoms with Crippen LogP contribution in [0.15, 0.2) is 28.7 Å². The summed E-state index contributed by atoms with van der Waals surface area (Å²) < 4.78 is 1.04. The Hall–Kier alpha value is -0.910. The van der Waals surface area contributed by atoms with Gasteiger partial charge in [-0.15, -0.1) is 0 Å². The van der Waals surface area contributed by atoms with E-state index in [1.165, 1.54) is 0 Å². The summed E-state index contributed by atoms with van der Waals surface area (Å²) in [5.74, 6) is 0.0993. The second-order valence-electron chi connectivity index (χ2n) is 5.42. The molecule has 4 nitrogen and oxygen atoms in total. The summed E-state index contributed by atoms with van der Waals surface area (Å²) in [6.45, 7) is 5.32. The number of rotatable bonds is 7. The highest BCUT2D eigenvalue weighted by Gasteiger charge is 2.26. The number of amides is 1. The van der Waals surface area contributed by atoms with Crippen molar-refractivity contribution in [1.82, 2.24) is 9.80 Å². The van der Waals surface area contributed by atoms with E-state index in [0.29, 0.717) is 6.54 Å². The summed E-state index contributed by atoms with van der Waals surface area (Å²) in [4.78, 5) is 15.8. The first-order valence-corrected chi connectivity index (χ1v) is 8.15. The molecule has 0 aliphatic carbocycles. The van der Waals surface area contributed by atoms with Crippen molar-refractivity contribution in [3.8, 4) is 0 Å². The van der Waals surface area contributed by atoms with Crippen LogP contribution in [0.4, 0.5) is 0 Å². The van der Waals surface area contributed by atoms with Gasteiger partial charge in [-0.25, -0.2) is 0 Å². The van der Waals surface area contributed by atoms with E-state index >= 15 is 0 Å². The van der Waals surface area contributed by atoms with Crippen LogP contribution < -0.4 is 5.73 Å². The molecule has 21 heavy (non-hydrogen) atoms. The summed E-state index contributed by atoms with van der Waals surface area (Å²) in [5, 5.41) is 0. The Labute approximate surface area is 136 Å². The van der Waals surface area contributed by atoms with Crippen molar-refractivity contribution in [1.29, 1.82) is 0 Å². The van der Waals surface area contributed by atoms with Crippen LogP contribution in [0, 0.1) is 0 Å². The van der Waals surface area contributed by atoms with Crippen LogP contribution >= 0.6 is 15.9 Å².